The van der Waals surface area contributed by atoms with E-state index in [0.29, 0.717) is 0 Å². The van der Waals surface area contributed by atoms with Crippen LogP contribution < -0.4 is 0 Å². The standard InChI is InChI=1S/C23H21N3/c1-16-6-9-22(10-7-16)26-17(2)13-20(18(26)3)15-25-21-8-11-23-19(14-21)5-4-12-24-23/h4-15H,1-3H3. The summed E-state index contributed by atoms with van der Waals surface area (Å²) in [5.74, 6) is 0. The molecule has 0 spiro atoms. The highest BCUT2D eigenvalue weighted by atomic mass is 15.0. The molecule has 26 heavy (non-hydrogen) atoms. The SMILES string of the molecule is Cc1ccc(-n2c(C)cc(C=Nc3ccc4ncccc4c3)c2C)cc1. The number of rotatable bonds is 3. The van der Waals surface area contributed by atoms with Gasteiger partial charge >= 0.3 is 0 Å². The highest BCUT2D eigenvalue weighted by molar-refractivity contribution is 5.87. The van der Waals surface area contributed by atoms with E-state index in [4.69, 9.17) is 0 Å². The fourth-order valence-electron chi connectivity index (χ4n) is 3.30. The summed E-state index contributed by atoms with van der Waals surface area (Å²) in [5.41, 5.74) is 7.91. The summed E-state index contributed by atoms with van der Waals surface area (Å²) < 4.78 is 2.27. The van der Waals surface area contributed by atoms with Gasteiger partial charge in [-0.15, -0.1) is 0 Å². The van der Waals surface area contributed by atoms with E-state index in [1.54, 1.807) is 0 Å². The number of aryl methyl sites for hydroxylation is 2. The molecule has 0 atom stereocenters. The van der Waals surface area contributed by atoms with E-state index in [2.05, 4.69) is 77.8 Å². The third kappa shape index (κ3) is 3.04. The third-order valence-corrected chi connectivity index (χ3v) is 4.70. The number of fused-ring (bicyclic) bond motifs is 1. The number of aromatic nitrogens is 2. The van der Waals surface area contributed by atoms with Crippen LogP contribution in [-0.2, 0) is 0 Å². The Hall–Kier alpha value is -3.20. The van der Waals surface area contributed by atoms with Crippen LogP contribution in [0.2, 0.25) is 0 Å². The molecule has 0 bridgehead atoms. The Morgan fingerprint density at radius 2 is 1.73 bits per heavy atom. The van der Waals surface area contributed by atoms with E-state index < -0.39 is 0 Å². The van der Waals surface area contributed by atoms with Crippen molar-refractivity contribution in [2.45, 2.75) is 20.8 Å². The summed E-state index contributed by atoms with van der Waals surface area (Å²) in [6, 6.07) is 20.9. The zero-order valence-corrected chi connectivity index (χ0v) is 15.3. The van der Waals surface area contributed by atoms with Gasteiger partial charge in [-0.05, 0) is 63.2 Å². The van der Waals surface area contributed by atoms with Gasteiger partial charge in [-0.3, -0.25) is 9.98 Å². The monoisotopic (exact) mass is 339 g/mol. The minimum atomic E-state index is 0.936. The maximum absolute atomic E-state index is 4.68. The molecule has 2 aromatic carbocycles. The van der Waals surface area contributed by atoms with Gasteiger partial charge in [0, 0.05) is 40.4 Å². The minimum Gasteiger partial charge on any atom is -0.318 e. The second kappa shape index (κ2) is 6.60. The van der Waals surface area contributed by atoms with Gasteiger partial charge in [0.1, 0.15) is 0 Å². The van der Waals surface area contributed by atoms with Gasteiger partial charge in [0.15, 0.2) is 0 Å². The molecule has 128 valence electrons. The van der Waals surface area contributed by atoms with Crippen LogP contribution in [0, 0.1) is 20.8 Å². The summed E-state index contributed by atoms with van der Waals surface area (Å²) in [4.78, 5) is 9.04. The van der Waals surface area contributed by atoms with E-state index in [9.17, 15) is 0 Å². The second-order valence-electron chi connectivity index (χ2n) is 6.64. The molecule has 0 aliphatic carbocycles. The molecule has 0 saturated carbocycles. The van der Waals surface area contributed by atoms with Gasteiger partial charge in [-0.2, -0.15) is 0 Å². The Kier molecular flexibility index (Phi) is 4.13. The van der Waals surface area contributed by atoms with Crippen molar-refractivity contribution in [3.8, 4) is 5.69 Å². The van der Waals surface area contributed by atoms with E-state index in [1.807, 2.05) is 30.6 Å². The van der Waals surface area contributed by atoms with Crippen molar-refractivity contribution in [1.82, 2.24) is 9.55 Å². The quantitative estimate of drug-likeness (QED) is 0.440. The second-order valence-corrected chi connectivity index (χ2v) is 6.64. The van der Waals surface area contributed by atoms with Crippen molar-refractivity contribution in [3.63, 3.8) is 0 Å². The predicted molar refractivity (Wildman–Crippen MR) is 109 cm³/mol. The number of nitrogens with zero attached hydrogens (tertiary/aromatic N) is 3. The molecule has 0 aliphatic heterocycles. The average Bonchev–Trinajstić information content (AvgIpc) is 2.94. The molecule has 4 rings (SSSR count). The van der Waals surface area contributed by atoms with Crippen LogP contribution in [0.5, 0.6) is 0 Å². The van der Waals surface area contributed by atoms with Crippen LogP contribution in [0.3, 0.4) is 0 Å². The van der Waals surface area contributed by atoms with Crippen molar-refractivity contribution in [3.05, 3.63) is 89.4 Å². The number of pyridine rings is 1. The minimum absolute atomic E-state index is 0.936. The predicted octanol–water partition coefficient (Wildman–Crippen LogP) is 5.70. The van der Waals surface area contributed by atoms with Gasteiger partial charge in [0.25, 0.3) is 0 Å². The molecule has 0 aliphatic rings. The van der Waals surface area contributed by atoms with E-state index in [0.717, 1.165) is 22.2 Å². The van der Waals surface area contributed by atoms with E-state index >= 15 is 0 Å². The first-order chi connectivity index (χ1) is 12.6. The molecule has 4 aromatic rings. The third-order valence-electron chi connectivity index (χ3n) is 4.70. The Labute approximate surface area is 153 Å². The van der Waals surface area contributed by atoms with Crippen molar-refractivity contribution in [2.24, 2.45) is 4.99 Å². The molecule has 3 nitrogen and oxygen atoms in total. The average molecular weight is 339 g/mol. The summed E-state index contributed by atoms with van der Waals surface area (Å²) in [5, 5.41) is 1.10. The molecular weight excluding hydrogens is 318 g/mol. The van der Waals surface area contributed by atoms with Gasteiger partial charge in [-0.25, -0.2) is 0 Å². The van der Waals surface area contributed by atoms with Crippen LogP contribution in [0.1, 0.15) is 22.5 Å². The summed E-state index contributed by atoms with van der Waals surface area (Å²) in [6.45, 7) is 6.38. The molecular formula is C23H21N3. The summed E-state index contributed by atoms with van der Waals surface area (Å²) >= 11 is 0. The number of benzene rings is 2. The molecule has 0 unspecified atom stereocenters. The zero-order valence-electron chi connectivity index (χ0n) is 15.3. The highest BCUT2D eigenvalue weighted by Crippen LogP contribution is 2.22. The van der Waals surface area contributed by atoms with Crippen molar-refractivity contribution in [2.75, 3.05) is 0 Å². The Balaban J connectivity index is 1.68. The van der Waals surface area contributed by atoms with Crippen molar-refractivity contribution >= 4 is 22.8 Å². The maximum Gasteiger partial charge on any atom is 0.0703 e. The Morgan fingerprint density at radius 3 is 2.54 bits per heavy atom. The summed E-state index contributed by atoms with van der Waals surface area (Å²) in [6.07, 6.45) is 3.76. The maximum atomic E-state index is 4.68. The molecule has 2 heterocycles. The number of hydrogen-bond acceptors (Lipinski definition) is 2. The molecule has 0 radical (unpaired) electrons. The van der Waals surface area contributed by atoms with Crippen molar-refractivity contribution < 1.29 is 0 Å². The van der Waals surface area contributed by atoms with E-state index in [-0.39, 0.29) is 0 Å². The lowest BCUT2D eigenvalue weighted by atomic mass is 10.2. The zero-order chi connectivity index (χ0) is 18.1. The lowest BCUT2D eigenvalue weighted by Crippen LogP contribution is -1.99. The molecule has 2 aromatic heterocycles. The molecule has 3 heteroatoms. The van der Waals surface area contributed by atoms with Crippen LogP contribution in [-0.4, -0.2) is 15.8 Å². The molecule has 0 N–H and O–H groups in total. The lowest BCUT2D eigenvalue weighted by Gasteiger charge is -2.09. The Bertz CT molecular complexity index is 1100. The first-order valence-corrected chi connectivity index (χ1v) is 8.77. The van der Waals surface area contributed by atoms with Crippen molar-refractivity contribution in [1.29, 1.82) is 0 Å². The summed E-state index contributed by atoms with van der Waals surface area (Å²) in [7, 11) is 0. The highest BCUT2D eigenvalue weighted by Gasteiger charge is 2.09. The normalized spacial score (nSPS) is 11.5. The molecule has 0 saturated heterocycles. The van der Waals surface area contributed by atoms with Gasteiger partial charge in [0.2, 0.25) is 0 Å². The number of aliphatic imine (C=N–C) groups is 1. The van der Waals surface area contributed by atoms with Gasteiger partial charge in [0.05, 0.1) is 11.2 Å². The lowest BCUT2D eigenvalue weighted by molar-refractivity contribution is 0.964. The fourth-order valence-corrected chi connectivity index (χ4v) is 3.30. The first kappa shape index (κ1) is 16.3. The largest absolute Gasteiger partial charge is 0.318 e. The molecule has 0 fully saturated rings. The van der Waals surface area contributed by atoms with Gasteiger partial charge in [-0.1, -0.05) is 23.8 Å². The smallest absolute Gasteiger partial charge is 0.0703 e. The first-order valence-electron chi connectivity index (χ1n) is 8.77. The van der Waals surface area contributed by atoms with E-state index in [1.165, 1.54) is 22.6 Å². The van der Waals surface area contributed by atoms with Crippen LogP contribution in [0.4, 0.5) is 5.69 Å². The molecule has 0 amide bonds. The van der Waals surface area contributed by atoms with Crippen LogP contribution >= 0.6 is 0 Å². The Morgan fingerprint density at radius 1 is 0.923 bits per heavy atom. The van der Waals surface area contributed by atoms with Crippen LogP contribution in [0.15, 0.2) is 71.9 Å². The number of hydrogen-bond donors (Lipinski definition) is 0. The topological polar surface area (TPSA) is 30.2 Å². The van der Waals surface area contributed by atoms with Crippen LogP contribution in [0.25, 0.3) is 16.6 Å². The fraction of sp³-hybridized carbons (Fsp3) is 0.130. The van der Waals surface area contributed by atoms with Gasteiger partial charge < -0.3 is 4.57 Å².